The second-order valence-electron chi connectivity index (χ2n) is 8.43. The zero-order chi connectivity index (χ0) is 20.5. The Labute approximate surface area is 175 Å². The molecule has 0 unspecified atom stereocenters. The van der Waals surface area contributed by atoms with Crippen molar-refractivity contribution in [3.8, 4) is 0 Å². The fraction of sp³-hybridized carbons (Fsp3) is 0.417. The molecule has 2 aromatic heterocycles. The molecule has 3 aromatic rings. The van der Waals surface area contributed by atoms with Gasteiger partial charge in [-0.1, -0.05) is 18.2 Å². The summed E-state index contributed by atoms with van der Waals surface area (Å²) in [6.07, 6.45) is 7.12. The van der Waals surface area contributed by atoms with Crippen LogP contribution >= 0.6 is 0 Å². The molecule has 2 fully saturated rings. The van der Waals surface area contributed by atoms with Crippen LogP contribution in [0.15, 0.2) is 53.3 Å². The second kappa shape index (κ2) is 8.01. The Kier molecular flexibility index (Phi) is 5.07. The number of hydrogen-bond acceptors (Lipinski definition) is 3. The minimum atomic E-state index is -0.0783. The molecule has 2 amide bonds. The lowest BCUT2D eigenvalue weighted by Crippen LogP contribution is -2.46. The molecule has 0 saturated carbocycles. The van der Waals surface area contributed by atoms with Crippen molar-refractivity contribution in [2.24, 2.45) is 5.92 Å². The number of aromatic amines is 1. The number of para-hydroxylation sites is 1. The molecule has 2 saturated heterocycles. The molecular formula is C24H27N3O3. The maximum atomic E-state index is 13.1. The molecule has 0 radical (unpaired) electrons. The molecule has 4 heterocycles. The average molecular weight is 405 g/mol. The van der Waals surface area contributed by atoms with Gasteiger partial charge >= 0.3 is 0 Å². The van der Waals surface area contributed by atoms with E-state index in [1.54, 1.807) is 17.0 Å². The Morgan fingerprint density at radius 2 is 1.63 bits per heavy atom. The van der Waals surface area contributed by atoms with E-state index in [0.717, 1.165) is 38.8 Å². The zero-order valence-electron chi connectivity index (χ0n) is 17.0. The summed E-state index contributed by atoms with van der Waals surface area (Å²) in [5.74, 6) is 1.08. The minimum absolute atomic E-state index is 0.0234. The molecule has 2 aliphatic rings. The lowest BCUT2D eigenvalue weighted by atomic mass is 9.88. The smallest absolute Gasteiger partial charge is 0.289 e. The second-order valence-corrected chi connectivity index (χ2v) is 8.43. The molecule has 6 heteroatoms. The van der Waals surface area contributed by atoms with Crippen LogP contribution in [0.4, 0.5) is 0 Å². The third-order valence-corrected chi connectivity index (χ3v) is 6.73. The number of rotatable bonds is 3. The molecule has 5 rings (SSSR count). The first-order valence-electron chi connectivity index (χ1n) is 10.9. The number of carbonyl (C=O) groups is 2. The number of nitrogens with one attached hydrogen (secondary N) is 1. The van der Waals surface area contributed by atoms with E-state index >= 15 is 0 Å². The molecule has 0 bridgehead atoms. The van der Waals surface area contributed by atoms with Crippen molar-refractivity contribution < 1.29 is 14.0 Å². The normalized spacial score (nSPS) is 18.8. The van der Waals surface area contributed by atoms with Crippen molar-refractivity contribution in [1.82, 2.24) is 14.8 Å². The summed E-state index contributed by atoms with van der Waals surface area (Å²) in [5.41, 5.74) is 2.56. The Bertz CT molecular complexity index is 1020. The fourth-order valence-corrected chi connectivity index (χ4v) is 4.99. The average Bonchev–Trinajstić information content (AvgIpc) is 3.49. The molecular weight excluding hydrogens is 378 g/mol. The summed E-state index contributed by atoms with van der Waals surface area (Å²) in [7, 11) is 0. The number of nitrogens with zero attached hydrogens (tertiary/aromatic N) is 2. The molecule has 0 atom stereocenters. The van der Waals surface area contributed by atoms with Gasteiger partial charge < -0.3 is 19.2 Å². The molecule has 0 spiro atoms. The van der Waals surface area contributed by atoms with Crippen LogP contribution in [0.3, 0.4) is 0 Å². The third kappa shape index (κ3) is 3.51. The summed E-state index contributed by atoms with van der Waals surface area (Å²) >= 11 is 0. The maximum absolute atomic E-state index is 13.1. The van der Waals surface area contributed by atoms with Crippen molar-refractivity contribution >= 4 is 22.7 Å². The number of furan rings is 1. The predicted molar refractivity (Wildman–Crippen MR) is 114 cm³/mol. The third-order valence-electron chi connectivity index (χ3n) is 6.73. The number of carbonyl (C=O) groups excluding carboxylic acids is 2. The van der Waals surface area contributed by atoms with Gasteiger partial charge in [0.1, 0.15) is 0 Å². The number of hydrogen-bond donors (Lipinski definition) is 1. The van der Waals surface area contributed by atoms with E-state index in [4.69, 9.17) is 4.42 Å². The van der Waals surface area contributed by atoms with E-state index in [2.05, 4.69) is 35.4 Å². The van der Waals surface area contributed by atoms with Crippen LogP contribution < -0.4 is 0 Å². The molecule has 30 heavy (non-hydrogen) atoms. The topological polar surface area (TPSA) is 69.6 Å². The van der Waals surface area contributed by atoms with Crippen LogP contribution in [0, 0.1) is 5.92 Å². The van der Waals surface area contributed by atoms with Crippen LogP contribution in [-0.4, -0.2) is 52.8 Å². The van der Waals surface area contributed by atoms with E-state index in [1.165, 1.54) is 22.7 Å². The summed E-state index contributed by atoms with van der Waals surface area (Å²) in [6.45, 7) is 2.85. The van der Waals surface area contributed by atoms with Gasteiger partial charge in [0.25, 0.3) is 5.91 Å². The lowest BCUT2D eigenvalue weighted by Gasteiger charge is -2.37. The largest absolute Gasteiger partial charge is 0.459 e. The highest BCUT2D eigenvalue weighted by molar-refractivity contribution is 5.91. The van der Waals surface area contributed by atoms with Gasteiger partial charge in [-0.2, -0.15) is 0 Å². The van der Waals surface area contributed by atoms with Crippen LogP contribution in [0.5, 0.6) is 0 Å². The number of aromatic nitrogens is 1. The lowest BCUT2D eigenvalue weighted by molar-refractivity contribution is -0.138. The van der Waals surface area contributed by atoms with Crippen LogP contribution in [0.25, 0.3) is 10.9 Å². The van der Waals surface area contributed by atoms with E-state index in [-0.39, 0.29) is 17.7 Å². The van der Waals surface area contributed by atoms with Crippen LogP contribution in [0.1, 0.15) is 47.7 Å². The number of H-pyrrole nitrogens is 1. The first-order valence-corrected chi connectivity index (χ1v) is 10.9. The Morgan fingerprint density at radius 1 is 0.900 bits per heavy atom. The zero-order valence-corrected chi connectivity index (χ0v) is 17.0. The van der Waals surface area contributed by atoms with Gasteiger partial charge in [0.2, 0.25) is 5.91 Å². The quantitative estimate of drug-likeness (QED) is 0.716. The van der Waals surface area contributed by atoms with Crippen LogP contribution in [-0.2, 0) is 4.79 Å². The van der Waals surface area contributed by atoms with Gasteiger partial charge in [0.05, 0.1) is 6.26 Å². The SMILES string of the molecule is O=C(c1ccco1)N1CCC(C(=O)N2CCC(c3c[nH]c4ccccc34)CC2)CC1. The van der Waals surface area contributed by atoms with Gasteiger partial charge in [-0.3, -0.25) is 9.59 Å². The van der Waals surface area contributed by atoms with Gasteiger partial charge in [0.15, 0.2) is 5.76 Å². The fourth-order valence-electron chi connectivity index (χ4n) is 4.99. The molecule has 1 N–H and O–H groups in total. The highest BCUT2D eigenvalue weighted by atomic mass is 16.3. The highest BCUT2D eigenvalue weighted by Crippen LogP contribution is 2.34. The van der Waals surface area contributed by atoms with Gasteiger partial charge in [-0.15, -0.1) is 0 Å². The first kappa shape index (κ1) is 19.0. The van der Waals surface area contributed by atoms with E-state index < -0.39 is 0 Å². The van der Waals surface area contributed by atoms with E-state index in [1.807, 2.05) is 4.90 Å². The van der Waals surface area contributed by atoms with Crippen LogP contribution in [0.2, 0.25) is 0 Å². The van der Waals surface area contributed by atoms with E-state index in [0.29, 0.717) is 24.8 Å². The Hall–Kier alpha value is -3.02. The number of amides is 2. The predicted octanol–water partition coefficient (Wildman–Crippen LogP) is 4.02. The Morgan fingerprint density at radius 3 is 2.37 bits per heavy atom. The summed E-state index contributed by atoms with van der Waals surface area (Å²) < 4.78 is 5.22. The highest BCUT2D eigenvalue weighted by Gasteiger charge is 2.33. The molecule has 6 nitrogen and oxygen atoms in total. The number of fused-ring (bicyclic) bond motifs is 1. The van der Waals surface area contributed by atoms with Crippen molar-refractivity contribution in [1.29, 1.82) is 0 Å². The summed E-state index contributed by atoms with van der Waals surface area (Å²) in [4.78, 5) is 32.7. The van der Waals surface area contributed by atoms with Crippen molar-refractivity contribution in [2.45, 2.75) is 31.6 Å². The Balaban J connectivity index is 1.15. The molecule has 156 valence electrons. The van der Waals surface area contributed by atoms with Gasteiger partial charge in [0, 0.05) is 49.2 Å². The van der Waals surface area contributed by atoms with Crippen molar-refractivity contribution in [3.05, 3.63) is 60.2 Å². The number of likely N-dealkylation sites (tertiary alicyclic amines) is 2. The van der Waals surface area contributed by atoms with Crippen molar-refractivity contribution in [2.75, 3.05) is 26.2 Å². The first-order chi connectivity index (χ1) is 14.7. The maximum Gasteiger partial charge on any atom is 0.289 e. The van der Waals surface area contributed by atoms with E-state index in [9.17, 15) is 9.59 Å². The molecule has 2 aliphatic heterocycles. The molecule has 0 aliphatic carbocycles. The summed E-state index contributed by atoms with van der Waals surface area (Å²) in [5, 5.41) is 1.30. The summed E-state index contributed by atoms with van der Waals surface area (Å²) in [6, 6.07) is 11.8. The van der Waals surface area contributed by atoms with Gasteiger partial charge in [-0.25, -0.2) is 0 Å². The standard InChI is InChI=1S/C24H27N3O3/c28-23(18-9-13-27(14-10-18)24(29)22-6-3-15-30-22)26-11-7-17(8-12-26)20-16-25-21-5-2-1-4-19(20)21/h1-6,15-18,25H,7-14H2. The molecule has 1 aromatic carbocycles. The van der Waals surface area contributed by atoms with Gasteiger partial charge in [-0.05, 0) is 55.4 Å². The number of benzene rings is 1. The number of piperidine rings is 2. The minimum Gasteiger partial charge on any atom is -0.459 e. The van der Waals surface area contributed by atoms with Crippen molar-refractivity contribution in [3.63, 3.8) is 0 Å². The monoisotopic (exact) mass is 405 g/mol.